The van der Waals surface area contributed by atoms with Gasteiger partial charge in [0.05, 0.1) is 17.9 Å². The lowest BCUT2D eigenvalue weighted by molar-refractivity contribution is -0.118. The number of carbonyl (C=O) groups is 3. The third-order valence-electron chi connectivity index (χ3n) is 2.59. The summed E-state index contributed by atoms with van der Waals surface area (Å²) < 4.78 is 4.68. The minimum absolute atomic E-state index is 0.315. The average molecular weight is 265 g/mol. The predicted octanol–water partition coefficient (Wildman–Crippen LogP) is 1.37. The fourth-order valence-corrected chi connectivity index (χ4v) is 2.58. The summed E-state index contributed by atoms with van der Waals surface area (Å²) in [6.07, 6.45) is 0.327. The van der Waals surface area contributed by atoms with Crippen molar-refractivity contribution in [2.75, 3.05) is 7.11 Å². The molecule has 5 nitrogen and oxygen atoms in total. The first-order valence-corrected chi connectivity index (χ1v) is 6.17. The van der Waals surface area contributed by atoms with Crippen LogP contribution in [0.2, 0.25) is 0 Å². The molecule has 0 radical (unpaired) electrons. The molecule has 1 saturated heterocycles. The van der Waals surface area contributed by atoms with Crippen molar-refractivity contribution in [1.29, 1.82) is 0 Å². The zero-order valence-corrected chi connectivity index (χ0v) is 10.5. The number of benzene rings is 1. The minimum atomic E-state index is -0.483. The van der Waals surface area contributed by atoms with E-state index in [1.165, 1.54) is 7.11 Å². The van der Waals surface area contributed by atoms with Crippen LogP contribution in [0.15, 0.2) is 24.3 Å². The van der Waals surface area contributed by atoms with Crippen molar-refractivity contribution in [2.45, 2.75) is 11.7 Å². The first kappa shape index (κ1) is 12.6. The second-order valence-electron chi connectivity index (χ2n) is 3.74. The Hall–Kier alpha value is -1.82. The summed E-state index contributed by atoms with van der Waals surface area (Å²) in [6.45, 7) is 0. The van der Waals surface area contributed by atoms with Crippen molar-refractivity contribution in [3.63, 3.8) is 0 Å². The number of thioether (sulfide) groups is 1. The third-order valence-corrected chi connectivity index (χ3v) is 3.58. The third kappa shape index (κ3) is 2.53. The molecule has 1 fully saturated rings. The Morgan fingerprint density at radius 3 is 2.72 bits per heavy atom. The number of amides is 2. The molecule has 6 heteroatoms. The Kier molecular flexibility index (Phi) is 3.66. The summed E-state index contributed by atoms with van der Waals surface area (Å²) in [5, 5.41) is 1.39. The molecule has 2 amide bonds. The predicted molar refractivity (Wildman–Crippen MR) is 66.4 cm³/mol. The lowest BCUT2D eigenvalue weighted by Gasteiger charge is -2.09. The number of ether oxygens (including phenoxy) is 1. The fraction of sp³-hybridized carbons (Fsp3) is 0.250. The molecule has 94 valence electrons. The molecule has 0 bridgehead atoms. The molecular formula is C12H11NO4S. The van der Waals surface area contributed by atoms with Crippen LogP contribution in [0.1, 0.15) is 15.9 Å². The molecule has 1 atom stereocenters. The van der Waals surface area contributed by atoms with Crippen LogP contribution in [0.4, 0.5) is 4.79 Å². The highest BCUT2D eigenvalue weighted by atomic mass is 32.2. The lowest BCUT2D eigenvalue weighted by atomic mass is 10.0. The van der Waals surface area contributed by atoms with Crippen molar-refractivity contribution in [3.8, 4) is 0 Å². The number of methoxy groups -OCH3 is 1. The van der Waals surface area contributed by atoms with E-state index in [0.717, 1.165) is 11.8 Å². The van der Waals surface area contributed by atoms with Gasteiger partial charge in [0.15, 0.2) is 0 Å². The van der Waals surface area contributed by atoms with Gasteiger partial charge in [0.1, 0.15) is 0 Å². The maximum atomic E-state index is 11.6. The second kappa shape index (κ2) is 5.22. The molecule has 0 saturated carbocycles. The van der Waals surface area contributed by atoms with Gasteiger partial charge in [0, 0.05) is 0 Å². The SMILES string of the molecule is COC(=O)c1ccccc1CC1SC(=O)NC1=O. The normalized spacial score (nSPS) is 18.6. The quantitative estimate of drug-likeness (QED) is 0.836. The van der Waals surface area contributed by atoms with E-state index in [2.05, 4.69) is 10.1 Å². The molecule has 0 spiro atoms. The van der Waals surface area contributed by atoms with Crippen molar-refractivity contribution in [3.05, 3.63) is 35.4 Å². The maximum absolute atomic E-state index is 11.6. The van der Waals surface area contributed by atoms with Gasteiger partial charge >= 0.3 is 5.97 Å². The summed E-state index contributed by atoms with van der Waals surface area (Å²) in [5.41, 5.74) is 1.12. The Morgan fingerprint density at radius 1 is 1.39 bits per heavy atom. The van der Waals surface area contributed by atoms with Crippen LogP contribution in [-0.2, 0) is 16.0 Å². The molecular weight excluding hydrogens is 254 g/mol. The molecule has 1 aromatic rings. The molecule has 0 aliphatic carbocycles. The molecule has 1 unspecified atom stereocenters. The summed E-state index contributed by atoms with van der Waals surface area (Å²) in [5.74, 6) is -0.759. The van der Waals surface area contributed by atoms with Gasteiger partial charge in [-0.3, -0.25) is 14.9 Å². The van der Waals surface area contributed by atoms with Gasteiger partial charge < -0.3 is 4.74 Å². The van der Waals surface area contributed by atoms with Crippen molar-refractivity contribution < 1.29 is 19.1 Å². The number of hydrogen-bond donors (Lipinski definition) is 1. The highest BCUT2D eigenvalue weighted by molar-refractivity contribution is 8.15. The number of esters is 1. The molecule has 2 rings (SSSR count). The van der Waals surface area contributed by atoms with Crippen LogP contribution in [0.5, 0.6) is 0 Å². The van der Waals surface area contributed by atoms with Crippen molar-refractivity contribution in [1.82, 2.24) is 5.32 Å². The minimum Gasteiger partial charge on any atom is -0.465 e. The van der Waals surface area contributed by atoms with E-state index in [9.17, 15) is 14.4 Å². The lowest BCUT2D eigenvalue weighted by Crippen LogP contribution is -2.26. The van der Waals surface area contributed by atoms with Gasteiger partial charge in [-0.1, -0.05) is 30.0 Å². The van der Waals surface area contributed by atoms with Gasteiger partial charge in [-0.2, -0.15) is 0 Å². The molecule has 1 N–H and O–H groups in total. The number of nitrogens with one attached hydrogen (secondary N) is 1. The second-order valence-corrected chi connectivity index (χ2v) is 4.91. The first-order chi connectivity index (χ1) is 8.61. The highest BCUT2D eigenvalue weighted by Crippen LogP contribution is 2.24. The number of rotatable bonds is 3. The van der Waals surface area contributed by atoms with E-state index in [4.69, 9.17) is 0 Å². The summed E-state index contributed by atoms with van der Waals surface area (Å²) >= 11 is 0.945. The fourth-order valence-electron chi connectivity index (χ4n) is 1.73. The largest absolute Gasteiger partial charge is 0.465 e. The van der Waals surface area contributed by atoms with Crippen LogP contribution in [-0.4, -0.2) is 29.5 Å². The number of hydrogen-bond acceptors (Lipinski definition) is 5. The highest BCUT2D eigenvalue weighted by Gasteiger charge is 2.32. The Bertz CT molecular complexity index is 515. The standard InChI is InChI=1S/C12H11NO4S/c1-17-11(15)8-5-3-2-4-7(8)6-9-10(14)13-12(16)18-9/h2-5,9H,6H2,1H3,(H,13,14,16). The molecule has 1 aliphatic heterocycles. The van der Waals surface area contributed by atoms with Crippen LogP contribution in [0.25, 0.3) is 0 Å². The molecule has 0 aromatic heterocycles. The Balaban J connectivity index is 2.21. The van der Waals surface area contributed by atoms with E-state index in [0.29, 0.717) is 17.5 Å². The zero-order chi connectivity index (χ0) is 13.1. The van der Waals surface area contributed by atoms with E-state index in [-0.39, 0.29) is 11.1 Å². The van der Waals surface area contributed by atoms with Crippen LogP contribution >= 0.6 is 11.8 Å². The molecule has 1 heterocycles. The molecule has 1 aromatic carbocycles. The Labute approximate surface area is 108 Å². The van der Waals surface area contributed by atoms with Gasteiger partial charge in [0.25, 0.3) is 5.24 Å². The van der Waals surface area contributed by atoms with Crippen molar-refractivity contribution in [2.24, 2.45) is 0 Å². The van der Waals surface area contributed by atoms with Gasteiger partial charge in [-0.15, -0.1) is 0 Å². The van der Waals surface area contributed by atoms with E-state index in [1.54, 1.807) is 24.3 Å². The number of imide groups is 1. The molecule has 1 aliphatic rings. The van der Waals surface area contributed by atoms with E-state index >= 15 is 0 Å². The smallest absolute Gasteiger partial charge is 0.338 e. The number of carbonyl (C=O) groups excluding carboxylic acids is 3. The first-order valence-electron chi connectivity index (χ1n) is 5.29. The summed E-state index contributed by atoms with van der Waals surface area (Å²) in [7, 11) is 1.31. The van der Waals surface area contributed by atoms with Crippen LogP contribution < -0.4 is 5.32 Å². The Morgan fingerprint density at radius 2 is 2.11 bits per heavy atom. The summed E-state index contributed by atoms with van der Waals surface area (Å²) in [6, 6.07) is 6.90. The van der Waals surface area contributed by atoms with E-state index in [1.807, 2.05) is 0 Å². The van der Waals surface area contributed by atoms with Crippen molar-refractivity contribution >= 4 is 28.9 Å². The molecule has 18 heavy (non-hydrogen) atoms. The maximum Gasteiger partial charge on any atom is 0.338 e. The topological polar surface area (TPSA) is 72.5 Å². The van der Waals surface area contributed by atoms with Crippen LogP contribution in [0.3, 0.4) is 0 Å². The summed E-state index contributed by atoms with van der Waals surface area (Å²) in [4.78, 5) is 34.1. The van der Waals surface area contributed by atoms with Crippen LogP contribution in [0, 0.1) is 0 Å². The van der Waals surface area contributed by atoms with Gasteiger partial charge in [0.2, 0.25) is 5.91 Å². The monoisotopic (exact) mass is 265 g/mol. The van der Waals surface area contributed by atoms with Gasteiger partial charge in [-0.05, 0) is 18.1 Å². The average Bonchev–Trinajstić information content (AvgIpc) is 2.67. The van der Waals surface area contributed by atoms with Gasteiger partial charge in [-0.25, -0.2) is 4.79 Å². The zero-order valence-electron chi connectivity index (χ0n) is 9.64. The van der Waals surface area contributed by atoms with E-state index < -0.39 is 11.2 Å².